The molecule has 0 spiro atoms. The van der Waals surface area contributed by atoms with Crippen LogP contribution in [0, 0.1) is 5.92 Å². The zero-order valence-corrected chi connectivity index (χ0v) is 8.84. The Bertz CT molecular complexity index is 174. The van der Waals surface area contributed by atoms with Crippen molar-refractivity contribution in [2.24, 2.45) is 5.92 Å². The monoisotopic (exact) mass is 184 g/mol. The first kappa shape index (κ1) is 10.5. The Hall–Kier alpha value is -0.570. The molecule has 3 heteroatoms. The van der Waals surface area contributed by atoms with Gasteiger partial charge in [-0.05, 0) is 19.4 Å². The maximum absolute atomic E-state index is 11.6. The molecule has 1 N–H and O–H groups in total. The predicted molar refractivity (Wildman–Crippen MR) is 53.5 cm³/mol. The number of hydrogen-bond acceptors (Lipinski definition) is 2. The molecule has 1 atom stereocenters. The minimum absolute atomic E-state index is 0.118. The molecule has 1 amide bonds. The number of likely N-dealkylation sites (N-methyl/N-ethyl adjacent to an activating group) is 1. The minimum atomic E-state index is 0.118. The minimum Gasteiger partial charge on any atom is -0.341 e. The molecule has 1 aliphatic rings. The fourth-order valence-electron chi connectivity index (χ4n) is 1.75. The van der Waals surface area contributed by atoms with E-state index in [-0.39, 0.29) is 11.8 Å². The summed E-state index contributed by atoms with van der Waals surface area (Å²) in [6, 6.07) is 0.406. The average Bonchev–Trinajstić information content (AvgIpc) is 2.17. The molecule has 0 aromatic heterocycles. The summed E-state index contributed by atoms with van der Waals surface area (Å²) < 4.78 is 0. The van der Waals surface area contributed by atoms with Crippen LogP contribution in [-0.2, 0) is 4.79 Å². The van der Waals surface area contributed by atoms with Crippen molar-refractivity contribution in [3.05, 3.63) is 0 Å². The first-order chi connectivity index (χ1) is 6.13. The quantitative estimate of drug-likeness (QED) is 0.690. The van der Waals surface area contributed by atoms with Crippen molar-refractivity contribution in [2.45, 2.75) is 32.7 Å². The highest BCUT2D eigenvalue weighted by Gasteiger charge is 2.23. The molecule has 1 fully saturated rings. The largest absolute Gasteiger partial charge is 0.341 e. The van der Waals surface area contributed by atoms with E-state index >= 15 is 0 Å². The molecule has 3 nitrogen and oxygen atoms in total. The summed E-state index contributed by atoms with van der Waals surface area (Å²) in [5.41, 5.74) is 0. The maximum atomic E-state index is 11.6. The van der Waals surface area contributed by atoms with Crippen LogP contribution >= 0.6 is 0 Å². The number of rotatable bonds is 2. The fraction of sp³-hybridized carbons (Fsp3) is 0.900. The Balaban J connectivity index is 2.45. The van der Waals surface area contributed by atoms with Gasteiger partial charge in [0.2, 0.25) is 5.91 Å². The third-order valence-corrected chi connectivity index (χ3v) is 2.66. The summed E-state index contributed by atoms with van der Waals surface area (Å²) in [4.78, 5) is 13.5. The highest BCUT2D eigenvalue weighted by atomic mass is 16.2. The summed E-state index contributed by atoms with van der Waals surface area (Å²) >= 11 is 0. The van der Waals surface area contributed by atoms with Crippen molar-refractivity contribution < 1.29 is 4.79 Å². The van der Waals surface area contributed by atoms with E-state index in [0.29, 0.717) is 6.04 Å². The zero-order chi connectivity index (χ0) is 9.84. The molecule has 1 aliphatic heterocycles. The topological polar surface area (TPSA) is 32.3 Å². The number of hydrogen-bond donors (Lipinski definition) is 1. The Labute approximate surface area is 80.5 Å². The average molecular weight is 184 g/mol. The van der Waals surface area contributed by atoms with Gasteiger partial charge in [0.15, 0.2) is 0 Å². The van der Waals surface area contributed by atoms with Gasteiger partial charge in [0, 0.05) is 25.6 Å². The van der Waals surface area contributed by atoms with Crippen LogP contribution < -0.4 is 5.32 Å². The number of nitrogens with one attached hydrogen (secondary N) is 1. The van der Waals surface area contributed by atoms with Gasteiger partial charge >= 0.3 is 0 Å². The molecule has 1 saturated heterocycles. The fourth-order valence-corrected chi connectivity index (χ4v) is 1.75. The van der Waals surface area contributed by atoms with Crippen molar-refractivity contribution in [1.29, 1.82) is 0 Å². The molecule has 13 heavy (non-hydrogen) atoms. The molecule has 1 rings (SSSR count). The smallest absolute Gasteiger partial charge is 0.225 e. The third-order valence-electron chi connectivity index (χ3n) is 2.66. The first-order valence-electron chi connectivity index (χ1n) is 5.10. The second-order valence-corrected chi connectivity index (χ2v) is 4.10. The lowest BCUT2D eigenvalue weighted by atomic mass is 10.0. The third kappa shape index (κ3) is 2.69. The van der Waals surface area contributed by atoms with E-state index in [0.717, 1.165) is 19.5 Å². The van der Waals surface area contributed by atoms with E-state index in [1.807, 2.05) is 25.8 Å². The summed E-state index contributed by atoms with van der Waals surface area (Å²) in [7, 11) is 1.92. The molecule has 0 saturated carbocycles. The van der Waals surface area contributed by atoms with E-state index < -0.39 is 0 Å². The number of carbonyl (C=O) groups excluding carboxylic acids is 1. The molecule has 0 bridgehead atoms. The SMILES string of the molecule is CC(C)C(=O)N(C)C1CCCNC1. The van der Waals surface area contributed by atoms with Gasteiger partial charge in [0.1, 0.15) is 0 Å². The van der Waals surface area contributed by atoms with Crippen LogP contribution in [0.3, 0.4) is 0 Å². The molecule has 0 aromatic carbocycles. The lowest BCUT2D eigenvalue weighted by Crippen LogP contribution is -2.47. The van der Waals surface area contributed by atoms with Crippen LogP contribution in [0.1, 0.15) is 26.7 Å². The summed E-state index contributed by atoms with van der Waals surface area (Å²) in [6.45, 7) is 5.96. The van der Waals surface area contributed by atoms with Crippen molar-refractivity contribution in [1.82, 2.24) is 10.2 Å². The van der Waals surface area contributed by atoms with E-state index in [1.54, 1.807) is 0 Å². The van der Waals surface area contributed by atoms with Gasteiger partial charge in [-0.1, -0.05) is 13.8 Å². The Morgan fingerprint density at radius 3 is 2.69 bits per heavy atom. The van der Waals surface area contributed by atoms with Crippen LogP contribution in [-0.4, -0.2) is 37.0 Å². The lowest BCUT2D eigenvalue weighted by molar-refractivity contribution is -0.135. The Morgan fingerprint density at radius 1 is 1.54 bits per heavy atom. The van der Waals surface area contributed by atoms with Crippen LogP contribution in [0.15, 0.2) is 0 Å². The molecule has 1 unspecified atom stereocenters. The van der Waals surface area contributed by atoms with Gasteiger partial charge in [-0.3, -0.25) is 4.79 Å². The molecule has 76 valence electrons. The molecular weight excluding hydrogens is 164 g/mol. The highest BCUT2D eigenvalue weighted by Crippen LogP contribution is 2.11. The van der Waals surface area contributed by atoms with E-state index in [2.05, 4.69) is 5.32 Å². The van der Waals surface area contributed by atoms with Crippen LogP contribution in [0.5, 0.6) is 0 Å². The Kier molecular flexibility index (Phi) is 3.72. The molecule has 0 aliphatic carbocycles. The van der Waals surface area contributed by atoms with Gasteiger partial charge in [-0.15, -0.1) is 0 Å². The van der Waals surface area contributed by atoms with Crippen molar-refractivity contribution in [2.75, 3.05) is 20.1 Å². The van der Waals surface area contributed by atoms with Gasteiger partial charge in [0.25, 0.3) is 0 Å². The number of carbonyl (C=O) groups is 1. The number of piperidine rings is 1. The van der Waals surface area contributed by atoms with Gasteiger partial charge in [-0.25, -0.2) is 0 Å². The summed E-state index contributed by atoms with van der Waals surface area (Å²) in [6.07, 6.45) is 2.32. The number of amides is 1. The van der Waals surface area contributed by atoms with E-state index in [1.165, 1.54) is 6.42 Å². The lowest BCUT2D eigenvalue weighted by Gasteiger charge is -2.32. The van der Waals surface area contributed by atoms with Crippen LogP contribution in [0.4, 0.5) is 0 Å². The maximum Gasteiger partial charge on any atom is 0.225 e. The van der Waals surface area contributed by atoms with Gasteiger partial charge in [-0.2, -0.15) is 0 Å². The van der Waals surface area contributed by atoms with Crippen molar-refractivity contribution >= 4 is 5.91 Å². The number of nitrogens with zero attached hydrogens (tertiary/aromatic N) is 1. The van der Waals surface area contributed by atoms with E-state index in [9.17, 15) is 4.79 Å². The Morgan fingerprint density at radius 2 is 2.23 bits per heavy atom. The van der Waals surface area contributed by atoms with Crippen molar-refractivity contribution in [3.63, 3.8) is 0 Å². The van der Waals surface area contributed by atoms with E-state index in [4.69, 9.17) is 0 Å². The second-order valence-electron chi connectivity index (χ2n) is 4.10. The highest BCUT2D eigenvalue weighted by molar-refractivity contribution is 5.78. The molecule has 0 aromatic rings. The predicted octanol–water partition coefficient (Wildman–Crippen LogP) is 0.853. The summed E-state index contributed by atoms with van der Waals surface area (Å²) in [5, 5.41) is 3.32. The zero-order valence-electron chi connectivity index (χ0n) is 8.84. The summed E-state index contributed by atoms with van der Waals surface area (Å²) in [5.74, 6) is 0.376. The molecule has 0 radical (unpaired) electrons. The second kappa shape index (κ2) is 4.61. The molecular formula is C10H20N2O. The van der Waals surface area contributed by atoms with Crippen molar-refractivity contribution in [3.8, 4) is 0 Å². The first-order valence-corrected chi connectivity index (χ1v) is 5.10. The molecule has 1 heterocycles. The van der Waals surface area contributed by atoms with Crippen LogP contribution in [0.2, 0.25) is 0 Å². The van der Waals surface area contributed by atoms with Gasteiger partial charge < -0.3 is 10.2 Å². The normalized spacial score (nSPS) is 23.2. The standard InChI is InChI=1S/C10H20N2O/c1-8(2)10(13)12(3)9-5-4-6-11-7-9/h8-9,11H,4-7H2,1-3H3. The van der Waals surface area contributed by atoms with Crippen LogP contribution in [0.25, 0.3) is 0 Å². The van der Waals surface area contributed by atoms with Gasteiger partial charge in [0.05, 0.1) is 0 Å².